The summed E-state index contributed by atoms with van der Waals surface area (Å²) in [4.78, 5) is 24.6. The molecular weight excluding hydrogens is 444 g/mol. The first-order valence-corrected chi connectivity index (χ1v) is 12.5. The minimum absolute atomic E-state index is 0.0318. The van der Waals surface area contributed by atoms with E-state index in [0.717, 1.165) is 37.7 Å². The monoisotopic (exact) mass is 474 g/mol. The summed E-state index contributed by atoms with van der Waals surface area (Å²) in [5, 5.41) is 2.66. The average molecular weight is 475 g/mol. The van der Waals surface area contributed by atoms with E-state index in [1.807, 2.05) is 19.1 Å². The highest BCUT2D eigenvalue weighted by Crippen LogP contribution is 2.29. The fourth-order valence-corrected chi connectivity index (χ4v) is 5.36. The zero-order valence-electron chi connectivity index (χ0n) is 19.0. The lowest BCUT2D eigenvalue weighted by atomic mass is 10.1. The number of benzene rings is 2. The maximum Gasteiger partial charge on any atom is 0.338 e. The minimum Gasteiger partial charge on any atom is -0.495 e. The molecule has 3 rings (SSSR count). The number of carbonyl (C=O) groups excluding carboxylic acids is 2. The van der Waals surface area contributed by atoms with Crippen LogP contribution in [0.2, 0.25) is 0 Å². The van der Waals surface area contributed by atoms with Crippen LogP contribution in [0.3, 0.4) is 0 Å². The highest BCUT2D eigenvalue weighted by atomic mass is 32.2. The molecule has 0 aromatic heterocycles. The Morgan fingerprint density at radius 2 is 1.67 bits per heavy atom. The van der Waals surface area contributed by atoms with Gasteiger partial charge >= 0.3 is 5.97 Å². The van der Waals surface area contributed by atoms with E-state index >= 15 is 0 Å². The van der Waals surface area contributed by atoms with E-state index in [1.165, 1.54) is 29.6 Å². The second-order valence-electron chi connectivity index (χ2n) is 7.86. The Labute approximate surface area is 194 Å². The molecule has 2 aromatic carbocycles. The summed E-state index contributed by atoms with van der Waals surface area (Å²) >= 11 is 0. The number of rotatable bonds is 8. The summed E-state index contributed by atoms with van der Waals surface area (Å²) < 4.78 is 38.3. The van der Waals surface area contributed by atoms with Crippen molar-refractivity contribution >= 4 is 27.6 Å². The van der Waals surface area contributed by atoms with Gasteiger partial charge in [-0.3, -0.25) is 4.79 Å². The van der Waals surface area contributed by atoms with Crippen LogP contribution in [-0.2, 0) is 26.0 Å². The molecule has 178 valence electrons. The molecule has 8 nitrogen and oxygen atoms in total. The van der Waals surface area contributed by atoms with Crippen LogP contribution in [-0.4, -0.2) is 51.4 Å². The van der Waals surface area contributed by atoms with Gasteiger partial charge in [0.25, 0.3) is 5.91 Å². The number of anilines is 1. The van der Waals surface area contributed by atoms with Crippen LogP contribution in [0.1, 0.15) is 48.5 Å². The minimum atomic E-state index is -3.84. The van der Waals surface area contributed by atoms with Gasteiger partial charge in [0, 0.05) is 18.8 Å². The molecule has 0 spiro atoms. The third-order valence-corrected chi connectivity index (χ3v) is 7.48. The normalized spacial score (nSPS) is 14.8. The van der Waals surface area contributed by atoms with Gasteiger partial charge in [-0.15, -0.1) is 0 Å². The first kappa shape index (κ1) is 24.7. The lowest BCUT2D eigenvalue weighted by Crippen LogP contribution is -2.32. The molecule has 9 heteroatoms. The molecule has 33 heavy (non-hydrogen) atoms. The Hall–Kier alpha value is -2.91. The summed E-state index contributed by atoms with van der Waals surface area (Å²) in [5.41, 5.74) is 1.78. The zero-order valence-corrected chi connectivity index (χ0v) is 19.8. The first-order valence-electron chi connectivity index (χ1n) is 11.1. The van der Waals surface area contributed by atoms with Gasteiger partial charge in [-0.25, -0.2) is 13.2 Å². The van der Waals surface area contributed by atoms with Crippen molar-refractivity contribution in [2.75, 3.05) is 32.1 Å². The number of aryl methyl sites for hydroxylation is 1. The van der Waals surface area contributed by atoms with Gasteiger partial charge in [0.1, 0.15) is 10.6 Å². The number of nitrogens with zero attached hydrogens (tertiary/aromatic N) is 1. The fourth-order valence-electron chi connectivity index (χ4n) is 3.66. The lowest BCUT2D eigenvalue weighted by Gasteiger charge is -2.21. The topological polar surface area (TPSA) is 102 Å². The third-order valence-electron chi connectivity index (χ3n) is 5.56. The highest BCUT2D eigenvalue weighted by molar-refractivity contribution is 7.89. The number of hydrogen-bond acceptors (Lipinski definition) is 6. The second kappa shape index (κ2) is 11.3. The highest BCUT2D eigenvalue weighted by Gasteiger charge is 2.29. The Morgan fingerprint density at radius 3 is 2.27 bits per heavy atom. The second-order valence-corrected chi connectivity index (χ2v) is 9.77. The molecule has 0 unspecified atom stereocenters. The maximum atomic E-state index is 13.2. The first-order chi connectivity index (χ1) is 15.8. The van der Waals surface area contributed by atoms with Crippen molar-refractivity contribution in [2.24, 2.45) is 0 Å². The molecule has 0 radical (unpaired) electrons. The van der Waals surface area contributed by atoms with Crippen LogP contribution in [0.25, 0.3) is 0 Å². The lowest BCUT2D eigenvalue weighted by molar-refractivity contribution is -0.119. The quantitative estimate of drug-likeness (QED) is 0.587. The molecule has 0 atom stereocenters. The van der Waals surface area contributed by atoms with E-state index in [4.69, 9.17) is 9.47 Å². The summed E-state index contributed by atoms with van der Waals surface area (Å²) in [7, 11) is -2.46. The predicted octanol–water partition coefficient (Wildman–Crippen LogP) is 3.62. The SMILES string of the molecule is CCc1ccc(NC(=O)COC(=O)c2ccc(OC)c(S(=O)(=O)N3CCCCCC3)c2)cc1. The van der Waals surface area contributed by atoms with Crippen LogP contribution in [0.15, 0.2) is 47.4 Å². The standard InChI is InChI=1S/C24H30N2O6S/c1-3-18-8-11-20(12-9-18)25-23(27)17-32-24(28)19-10-13-21(31-2)22(16-19)33(29,30)26-14-6-4-5-7-15-26/h8-13,16H,3-7,14-15,17H2,1-2H3,(H,25,27). The van der Waals surface area contributed by atoms with Crippen LogP contribution in [0, 0.1) is 0 Å². The average Bonchev–Trinajstić information content (AvgIpc) is 3.13. The number of hydrogen-bond donors (Lipinski definition) is 1. The molecule has 1 heterocycles. The van der Waals surface area contributed by atoms with E-state index in [9.17, 15) is 18.0 Å². The van der Waals surface area contributed by atoms with Gasteiger partial charge in [0.2, 0.25) is 10.0 Å². The van der Waals surface area contributed by atoms with E-state index < -0.39 is 28.5 Å². The Kier molecular flexibility index (Phi) is 8.46. The molecule has 0 bridgehead atoms. The smallest absolute Gasteiger partial charge is 0.338 e. The van der Waals surface area contributed by atoms with Crippen molar-refractivity contribution in [1.82, 2.24) is 4.31 Å². The van der Waals surface area contributed by atoms with Crippen molar-refractivity contribution in [3.05, 3.63) is 53.6 Å². The summed E-state index contributed by atoms with van der Waals surface area (Å²) in [6, 6.07) is 11.5. The number of ether oxygens (including phenoxy) is 2. The van der Waals surface area contributed by atoms with Crippen molar-refractivity contribution in [3.63, 3.8) is 0 Å². The number of methoxy groups -OCH3 is 1. The van der Waals surface area contributed by atoms with Gasteiger partial charge in [-0.05, 0) is 55.2 Å². The third kappa shape index (κ3) is 6.33. The van der Waals surface area contributed by atoms with Crippen molar-refractivity contribution in [2.45, 2.75) is 43.9 Å². The number of esters is 1. The van der Waals surface area contributed by atoms with Gasteiger partial charge < -0.3 is 14.8 Å². The Morgan fingerprint density at radius 1 is 1.00 bits per heavy atom. The van der Waals surface area contributed by atoms with Crippen LogP contribution in [0.4, 0.5) is 5.69 Å². The predicted molar refractivity (Wildman–Crippen MR) is 125 cm³/mol. The molecular formula is C24H30N2O6S. The number of amides is 1. The van der Waals surface area contributed by atoms with E-state index in [1.54, 1.807) is 12.1 Å². The maximum absolute atomic E-state index is 13.2. The van der Waals surface area contributed by atoms with Crippen molar-refractivity contribution in [1.29, 1.82) is 0 Å². The van der Waals surface area contributed by atoms with E-state index in [0.29, 0.717) is 18.8 Å². The molecule has 1 N–H and O–H groups in total. The summed E-state index contributed by atoms with van der Waals surface area (Å²) in [5.74, 6) is -1.12. The number of nitrogens with one attached hydrogen (secondary N) is 1. The Bertz CT molecular complexity index is 1070. The van der Waals surface area contributed by atoms with Gasteiger partial charge in [0.15, 0.2) is 6.61 Å². The van der Waals surface area contributed by atoms with Crippen LogP contribution >= 0.6 is 0 Å². The molecule has 0 saturated carbocycles. The van der Waals surface area contributed by atoms with Gasteiger partial charge in [0.05, 0.1) is 12.7 Å². The molecule has 0 aliphatic carbocycles. The molecule has 1 amide bonds. The van der Waals surface area contributed by atoms with Crippen LogP contribution in [0.5, 0.6) is 5.75 Å². The summed E-state index contributed by atoms with van der Waals surface area (Å²) in [6.07, 6.45) is 4.45. The molecule has 2 aromatic rings. The molecule has 1 saturated heterocycles. The van der Waals surface area contributed by atoms with Crippen molar-refractivity contribution < 1.29 is 27.5 Å². The summed E-state index contributed by atoms with van der Waals surface area (Å²) in [6.45, 7) is 2.41. The molecule has 1 fully saturated rings. The van der Waals surface area contributed by atoms with Crippen molar-refractivity contribution in [3.8, 4) is 5.75 Å². The largest absolute Gasteiger partial charge is 0.495 e. The number of sulfonamides is 1. The Balaban J connectivity index is 1.69. The zero-order chi connectivity index (χ0) is 23.8. The van der Waals surface area contributed by atoms with Gasteiger partial charge in [-0.1, -0.05) is 31.9 Å². The number of carbonyl (C=O) groups is 2. The molecule has 1 aliphatic rings. The van der Waals surface area contributed by atoms with Crippen LogP contribution < -0.4 is 10.1 Å². The van der Waals surface area contributed by atoms with E-state index in [-0.39, 0.29) is 16.2 Å². The molecule has 1 aliphatic heterocycles. The van der Waals surface area contributed by atoms with E-state index in [2.05, 4.69) is 5.32 Å². The fraction of sp³-hybridized carbons (Fsp3) is 0.417. The van der Waals surface area contributed by atoms with Gasteiger partial charge in [-0.2, -0.15) is 4.31 Å².